The summed E-state index contributed by atoms with van der Waals surface area (Å²) in [4.78, 5) is 51.8. The van der Waals surface area contributed by atoms with E-state index in [-0.39, 0.29) is 17.9 Å². The molecule has 10 nitrogen and oxygen atoms in total. The molecule has 2 N–H and O–H groups in total. The summed E-state index contributed by atoms with van der Waals surface area (Å²) in [6.07, 6.45) is 7.59. The van der Waals surface area contributed by atoms with Crippen molar-refractivity contribution in [2.24, 2.45) is 0 Å². The monoisotopic (exact) mass is 540 g/mol. The summed E-state index contributed by atoms with van der Waals surface area (Å²) < 4.78 is 5.91. The standard InChI is InChI=1S/C28H24N6O4S/c1-2-22(35)33-12-6-7-17(16-33)31-26(36)25-24-23-21(10-11-30-27(23)39-25)34(28(37)32-24)18-13-20(15-29-14-18)38-19-8-4-3-5-9-19/h2-5,8-11,13-15,17H,1,6-7,12,16H2,(H,31,36)(H,32,37)/t17-/m1/s1. The van der Waals surface area contributed by atoms with Crippen molar-refractivity contribution in [2.75, 3.05) is 23.3 Å². The van der Waals surface area contributed by atoms with Gasteiger partial charge in [0.2, 0.25) is 5.91 Å². The number of amides is 4. The number of carbonyl (C=O) groups excluding carboxylic acids is 3. The van der Waals surface area contributed by atoms with Crippen molar-refractivity contribution < 1.29 is 19.1 Å². The number of likely N-dealkylation sites (tertiary alicyclic amines) is 1. The Morgan fingerprint density at radius 1 is 1.18 bits per heavy atom. The first kappa shape index (κ1) is 24.6. The van der Waals surface area contributed by atoms with Crippen molar-refractivity contribution in [3.8, 4) is 11.5 Å². The Hall–Kier alpha value is -4.77. The van der Waals surface area contributed by atoms with Crippen LogP contribution >= 0.6 is 11.3 Å². The number of nitrogens with zero attached hydrogens (tertiary/aromatic N) is 4. The molecule has 0 spiro atoms. The van der Waals surface area contributed by atoms with Crippen LogP contribution in [0.4, 0.5) is 21.9 Å². The van der Waals surface area contributed by atoms with Gasteiger partial charge in [-0.2, -0.15) is 0 Å². The Labute approximate surface area is 227 Å². The van der Waals surface area contributed by atoms with E-state index in [9.17, 15) is 14.4 Å². The fourth-order valence-corrected chi connectivity index (χ4v) is 5.91. The number of hydrogen-bond donors (Lipinski definition) is 2. The fourth-order valence-electron chi connectivity index (χ4n) is 4.89. The van der Waals surface area contributed by atoms with Gasteiger partial charge in [0, 0.05) is 31.4 Å². The van der Waals surface area contributed by atoms with Crippen LogP contribution in [0.1, 0.15) is 22.5 Å². The number of benzene rings is 1. The van der Waals surface area contributed by atoms with Gasteiger partial charge in [-0.25, -0.2) is 9.78 Å². The summed E-state index contributed by atoms with van der Waals surface area (Å²) in [5.41, 5.74) is 1.52. The molecule has 0 aliphatic carbocycles. The minimum Gasteiger partial charge on any atom is -0.456 e. The number of carbonyl (C=O) groups is 3. The highest BCUT2D eigenvalue weighted by atomic mass is 32.1. The van der Waals surface area contributed by atoms with E-state index >= 15 is 0 Å². The second-order valence-corrected chi connectivity index (χ2v) is 10.2. The van der Waals surface area contributed by atoms with Crippen LogP contribution in [0.25, 0.3) is 10.2 Å². The smallest absolute Gasteiger partial charge is 0.331 e. The number of piperidine rings is 1. The first-order chi connectivity index (χ1) is 19.0. The third kappa shape index (κ3) is 4.68. The molecule has 1 saturated heterocycles. The van der Waals surface area contributed by atoms with Crippen LogP contribution in [0.2, 0.25) is 0 Å². The zero-order chi connectivity index (χ0) is 26.9. The number of thiophene rings is 1. The average molecular weight is 541 g/mol. The molecule has 1 aromatic carbocycles. The number of aromatic nitrogens is 2. The molecule has 4 amide bonds. The molecule has 0 saturated carbocycles. The average Bonchev–Trinajstić information content (AvgIpc) is 3.33. The number of rotatable bonds is 6. The van der Waals surface area contributed by atoms with E-state index < -0.39 is 6.03 Å². The van der Waals surface area contributed by atoms with Crippen molar-refractivity contribution in [3.63, 3.8) is 0 Å². The highest BCUT2D eigenvalue weighted by molar-refractivity contribution is 7.21. The lowest BCUT2D eigenvalue weighted by Gasteiger charge is -2.32. The van der Waals surface area contributed by atoms with E-state index in [2.05, 4.69) is 27.2 Å². The molecule has 11 heteroatoms. The first-order valence-electron chi connectivity index (χ1n) is 12.4. The molecule has 1 fully saturated rings. The lowest BCUT2D eigenvalue weighted by atomic mass is 10.1. The maximum atomic E-state index is 13.4. The molecule has 0 unspecified atom stereocenters. The van der Waals surface area contributed by atoms with Crippen molar-refractivity contribution in [1.29, 1.82) is 0 Å². The fraction of sp³-hybridized carbons (Fsp3) is 0.179. The normalized spacial score (nSPS) is 16.5. The second-order valence-electron chi connectivity index (χ2n) is 9.18. The Morgan fingerprint density at radius 2 is 2.03 bits per heavy atom. The molecule has 0 radical (unpaired) electrons. The van der Waals surface area contributed by atoms with Gasteiger partial charge in [-0.05, 0) is 37.1 Å². The van der Waals surface area contributed by atoms with Crippen LogP contribution in [0.3, 0.4) is 0 Å². The number of pyridine rings is 2. The predicted octanol–water partition coefficient (Wildman–Crippen LogP) is 5.07. The van der Waals surface area contributed by atoms with E-state index in [1.54, 1.807) is 35.6 Å². The number of anilines is 3. The van der Waals surface area contributed by atoms with Gasteiger partial charge in [-0.15, -0.1) is 11.3 Å². The lowest BCUT2D eigenvalue weighted by Crippen LogP contribution is -2.49. The number of nitrogens with one attached hydrogen (secondary N) is 2. The molecule has 2 aliphatic heterocycles. The minimum absolute atomic E-state index is 0.153. The highest BCUT2D eigenvalue weighted by Crippen LogP contribution is 2.46. The Kier molecular flexibility index (Phi) is 6.41. The van der Waals surface area contributed by atoms with Crippen molar-refractivity contribution in [3.05, 3.63) is 78.6 Å². The summed E-state index contributed by atoms with van der Waals surface area (Å²) in [5, 5.41) is 6.61. The van der Waals surface area contributed by atoms with Gasteiger partial charge in [0.1, 0.15) is 21.2 Å². The number of urea groups is 1. The molecular weight excluding hydrogens is 516 g/mol. The van der Waals surface area contributed by atoms with Gasteiger partial charge in [-0.1, -0.05) is 24.8 Å². The van der Waals surface area contributed by atoms with E-state index in [4.69, 9.17) is 4.74 Å². The van der Waals surface area contributed by atoms with Crippen LogP contribution in [0.5, 0.6) is 11.5 Å². The maximum Gasteiger partial charge on any atom is 0.331 e. The second kappa shape index (κ2) is 10.2. The van der Waals surface area contributed by atoms with Gasteiger partial charge in [-0.3, -0.25) is 19.5 Å². The van der Waals surface area contributed by atoms with Gasteiger partial charge < -0.3 is 20.3 Å². The molecule has 0 bridgehead atoms. The predicted molar refractivity (Wildman–Crippen MR) is 149 cm³/mol. The molecule has 6 rings (SSSR count). The van der Waals surface area contributed by atoms with Crippen LogP contribution < -0.4 is 20.3 Å². The van der Waals surface area contributed by atoms with E-state index in [0.717, 1.165) is 12.8 Å². The molecular formula is C28H24N6O4S. The number of ether oxygens (including phenoxy) is 1. The Morgan fingerprint density at radius 3 is 2.85 bits per heavy atom. The van der Waals surface area contributed by atoms with Crippen molar-refractivity contribution in [1.82, 2.24) is 20.2 Å². The minimum atomic E-state index is -0.429. The molecule has 3 aromatic heterocycles. The lowest BCUT2D eigenvalue weighted by molar-refractivity contribution is -0.127. The third-order valence-electron chi connectivity index (χ3n) is 6.63. The SMILES string of the molecule is C=CC(=O)N1CCC[C@@H](NC(=O)c2sc3nccc4c3c2NC(=O)N4c2cncc(Oc3ccccc3)c2)C1. The number of para-hydroxylation sites is 1. The van der Waals surface area contributed by atoms with E-state index in [1.165, 1.54) is 22.3 Å². The highest BCUT2D eigenvalue weighted by Gasteiger charge is 2.34. The zero-order valence-electron chi connectivity index (χ0n) is 20.8. The third-order valence-corrected chi connectivity index (χ3v) is 7.73. The topological polar surface area (TPSA) is 117 Å². The molecule has 1 atom stereocenters. The van der Waals surface area contributed by atoms with Gasteiger partial charge in [0.15, 0.2) is 0 Å². The van der Waals surface area contributed by atoms with Crippen molar-refractivity contribution in [2.45, 2.75) is 18.9 Å². The Bertz CT molecular complexity index is 1600. The van der Waals surface area contributed by atoms with Crippen molar-refractivity contribution >= 4 is 56.5 Å². The molecule has 39 heavy (non-hydrogen) atoms. The Balaban J connectivity index is 1.30. The van der Waals surface area contributed by atoms with Crippen LogP contribution in [-0.2, 0) is 4.79 Å². The van der Waals surface area contributed by atoms with Gasteiger partial charge in [0.25, 0.3) is 5.91 Å². The molecule has 4 aromatic rings. The van der Waals surface area contributed by atoms with Crippen LogP contribution in [-0.4, -0.2) is 51.8 Å². The summed E-state index contributed by atoms with van der Waals surface area (Å²) in [5.74, 6) is 0.659. The summed E-state index contributed by atoms with van der Waals surface area (Å²) in [6.45, 7) is 4.60. The van der Waals surface area contributed by atoms with Crippen LogP contribution in [0, 0.1) is 0 Å². The van der Waals surface area contributed by atoms with Gasteiger partial charge >= 0.3 is 6.03 Å². The van der Waals surface area contributed by atoms with Crippen LogP contribution in [0.15, 0.2) is 73.7 Å². The summed E-state index contributed by atoms with van der Waals surface area (Å²) >= 11 is 1.21. The summed E-state index contributed by atoms with van der Waals surface area (Å²) in [6, 6.07) is 12.1. The molecule has 2 aliphatic rings. The molecule has 196 valence electrons. The first-order valence-corrected chi connectivity index (χ1v) is 13.3. The maximum absolute atomic E-state index is 13.4. The van der Waals surface area contributed by atoms with Gasteiger partial charge in [0.05, 0.1) is 34.8 Å². The van der Waals surface area contributed by atoms with E-state index in [1.807, 2.05) is 30.3 Å². The molecule has 5 heterocycles. The van der Waals surface area contributed by atoms with E-state index in [0.29, 0.717) is 56.7 Å². The zero-order valence-corrected chi connectivity index (χ0v) is 21.6. The quantitative estimate of drug-likeness (QED) is 0.330. The summed E-state index contributed by atoms with van der Waals surface area (Å²) in [7, 11) is 0. The number of hydrogen-bond acceptors (Lipinski definition) is 7. The largest absolute Gasteiger partial charge is 0.456 e.